The van der Waals surface area contributed by atoms with Gasteiger partial charge in [0, 0.05) is 32.5 Å². The van der Waals surface area contributed by atoms with Crippen molar-refractivity contribution in [2.75, 3.05) is 6.61 Å². The molecule has 0 atom stereocenters. The number of nitrogens with zero attached hydrogens (tertiary/aromatic N) is 4. The second-order valence-corrected chi connectivity index (χ2v) is 10.5. The first kappa shape index (κ1) is 25.4. The van der Waals surface area contributed by atoms with E-state index in [-0.39, 0.29) is 5.56 Å². The molecule has 0 unspecified atom stereocenters. The Morgan fingerprint density at radius 1 is 1.14 bits per heavy atom. The molecule has 0 aliphatic heterocycles. The second-order valence-electron chi connectivity index (χ2n) is 9.55. The highest BCUT2D eigenvalue weighted by atomic mass is 79.9. The lowest BCUT2D eigenvalue weighted by Crippen LogP contribution is -2.29. The van der Waals surface area contributed by atoms with E-state index in [1.54, 1.807) is 24.4 Å². The topological polar surface area (TPSA) is 98.7 Å². The van der Waals surface area contributed by atoms with Crippen molar-refractivity contribution in [1.82, 2.24) is 14.2 Å². The fourth-order valence-corrected chi connectivity index (χ4v) is 4.37. The zero-order chi connectivity index (χ0) is 26.2. The number of carboxylic acids is 1. The molecular weight excluding hydrogens is 524 g/mol. The Kier molecular flexibility index (Phi) is 6.86. The van der Waals surface area contributed by atoms with E-state index in [1.807, 2.05) is 65.0 Å². The maximum Gasteiger partial charge on any atom is 0.341 e. The van der Waals surface area contributed by atoms with Crippen molar-refractivity contribution in [3.05, 3.63) is 86.1 Å². The van der Waals surface area contributed by atoms with Gasteiger partial charge in [-0.05, 0) is 62.4 Å². The molecule has 186 valence electrons. The highest BCUT2D eigenvalue weighted by molar-refractivity contribution is 9.10. The third-order valence-electron chi connectivity index (χ3n) is 5.72. The molecule has 0 radical (unpaired) electrons. The number of aliphatic carboxylic acids is 1. The lowest BCUT2D eigenvalue weighted by atomic mass is 9.95. The van der Waals surface area contributed by atoms with Crippen LogP contribution in [0.1, 0.15) is 43.5 Å². The summed E-state index contributed by atoms with van der Waals surface area (Å²) < 4.78 is 9.48. The highest BCUT2D eigenvalue weighted by Gasteiger charge is 2.23. The molecule has 2 aromatic carbocycles. The number of rotatable bonds is 6. The van der Waals surface area contributed by atoms with E-state index in [0.29, 0.717) is 22.5 Å². The van der Waals surface area contributed by atoms with Crippen molar-refractivity contribution in [2.24, 2.45) is 5.10 Å². The number of carboxylic acid groups (broad SMARTS) is 1. The first-order valence-electron chi connectivity index (χ1n) is 11.4. The van der Waals surface area contributed by atoms with Crippen LogP contribution in [-0.4, -0.2) is 38.1 Å². The number of benzene rings is 2. The number of aryl methyl sites for hydroxylation is 1. The summed E-state index contributed by atoms with van der Waals surface area (Å²) in [6.45, 7) is 9.58. The van der Waals surface area contributed by atoms with E-state index in [4.69, 9.17) is 14.8 Å². The van der Waals surface area contributed by atoms with Crippen LogP contribution in [0.4, 0.5) is 0 Å². The monoisotopic (exact) mass is 550 g/mol. The van der Waals surface area contributed by atoms with Gasteiger partial charge in [0.25, 0.3) is 5.56 Å². The lowest BCUT2D eigenvalue weighted by molar-refractivity contribution is -0.139. The van der Waals surface area contributed by atoms with Gasteiger partial charge in [0.05, 0.1) is 17.1 Å². The third-order valence-corrected chi connectivity index (χ3v) is 6.21. The Bertz CT molecular complexity index is 1540. The number of aromatic nitrogens is 3. The van der Waals surface area contributed by atoms with E-state index in [1.165, 1.54) is 4.68 Å². The summed E-state index contributed by atoms with van der Waals surface area (Å²) in [6.07, 6.45) is 1.69. The van der Waals surface area contributed by atoms with Crippen molar-refractivity contribution >= 4 is 39.0 Å². The van der Waals surface area contributed by atoms with Crippen LogP contribution < -0.4 is 10.3 Å². The van der Waals surface area contributed by atoms with Crippen molar-refractivity contribution in [1.29, 1.82) is 0 Å². The van der Waals surface area contributed by atoms with Crippen LogP contribution in [-0.2, 0) is 10.2 Å². The standard InChI is InChI=1S/C27H27BrN4O4/c1-16-12-18(17(2)31(16)20-7-9-21(10-8-20)36-15-24(33)34)14-29-32-25(35)22-13-19(28)6-11-23(22)30-26(32)27(3,4)5/h6-14H,15H2,1-5H3,(H,33,34). The Labute approximate surface area is 217 Å². The number of carbonyl (C=O) groups is 1. The molecule has 36 heavy (non-hydrogen) atoms. The van der Waals surface area contributed by atoms with Gasteiger partial charge < -0.3 is 14.4 Å². The minimum absolute atomic E-state index is 0.228. The van der Waals surface area contributed by atoms with Gasteiger partial charge >= 0.3 is 5.97 Å². The third kappa shape index (κ3) is 5.11. The van der Waals surface area contributed by atoms with Gasteiger partial charge in [0.2, 0.25) is 0 Å². The van der Waals surface area contributed by atoms with Crippen LogP contribution in [0.3, 0.4) is 0 Å². The maximum atomic E-state index is 13.4. The zero-order valence-corrected chi connectivity index (χ0v) is 22.3. The van der Waals surface area contributed by atoms with Crippen molar-refractivity contribution in [3.63, 3.8) is 0 Å². The van der Waals surface area contributed by atoms with Gasteiger partial charge in [0.1, 0.15) is 11.6 Å². The van der Waals surface area contributed by atoms with E-state index in [9.17, 15) is 9.59 Å². The van der Waals surface area contributed by atoms with Crippen LogP contribution >= 0.6 is 15.9 Å². The van der Waals surface area contributed by atoms with Crippen molar-refractivity contribution in [3.8, 4) is 11.4 Å². The average molecular weight is 551 g/mol. The fraction of sp³-hybridized carbons (Fsp3) is 0.259. The lowest BCUT2D eigenvalue weighted by Gasteiger charge is -2.20. The summed E-state index contributed by atoms with van der Waals surface area (Å²) in [7, 11) is 0. The molecule has 0 fully saturated rings. The molecule has 8 nitrogen and oxygen atoms in total. The Hall–Kier alpha value is -3.72. The Morgan fingerprint density at radius 2 is 1.83 bits per heavy atom. The number of halogens is 1. The number of fused-ring (bicyclic) bond motifs is 1. The minimum Gasteiger partial charge on any atom is -0.482 e. The maximum absolute atomic E-state index is 13.4. The summed E-state index contributed by atoms with van der Waals surface area (Å²) in [4.78, 5) is 28.9. The average Bonchev–Trinajstić information content (AvgIpc) is 3.09. The van der Waals surface area contributed by atoms with Crippen molar-refractivity contribution < 1.29 is 14.6 Å². The second kappa shape index (κ2) is 9.73. The molecule has 4 rings (SSSR count). The summed E-state index contributed by atoms with van der Waals surface area (Å²) >= 11 is 3.44. The Balaban J connectivity index is 1.74. The molecular formula is C27H27BrN4O4. The molecule has 4 aromatic rings. The molecule has 0 amide bonds. The molecule has 2 heterocycles. The largest absolute Gasteiger partial charge is 0.482 e. The van der Waals surface area contributed by atoms with Gasteiger partial charge in [-0.25, -0.2) is 9.78 Å². The van der Waals surface area contributed by atoms with E-state index in [2.05, 4.69) is 25.6 Å². The SMILES string of the molecule is Cc1cc(C=Nn2c(C(C)(C)C)nc3ccc(Br)cc3c2=O)c(C)n1-c1ccc(OCC(=O)O)cc1. The fourth-order valence-electron chi connectivity index (χ4n) is 4.01. The van der Waals surface area contributed by atoms with Gasteiger partial charge in [0.15, 0.2) is 6.61 Å². The van der Waals surface area contributed by atoms with E-state index >= 15 is 0 Å². The molecule has 0 saturated carbocycles. The summed E-state index contributed by atoms with van der Waals surface area (Å²) in [6, 6.07) is 14.7. The molecule has 2 aromatic heterocycles. The highest BCUT2D eigenvalue weighted by Crippen LogP contribution is 2.24. The quantitative estimate of drug-likeness (QED) is 0.332. The van der Waals surface area contributed by atoms with E-state index < -0.39 is 18.0 Å². The zero-order valence-electron chi connectivity index (χ0n) is 20.7. The predicted molar refractivity (Wildman–Crippen MR) is 144 cm³/mol. The molecule has 9 heteroatoms. The normalized spacial score (nSPS) is 11.9. The van der Waals surface area contributed by atoms with Crippen LogP contribution in [0.15, 0.2) is 62.9 Å². The van der Waals surface area contributed by atoms with Gasteiger partial charge in [-0.1, -0.05) is 36.7 Å². The predicted octanol–water partition coefficient (Wildman–Crippen LogP) is 5.21. The van der Waals surface area contributed by atoms with Crippen molar-refractivity contribution in [2.45, 2.75) is 40.0 Å². The molecule has 0 bridgehead atoms. The number of hydrogen-bond acceptors (Lipinski definition) is 5. The van der Waals surface area contributed by atoms with Gasteiger partial charge in [-0.2, -0.15) is 9.78 Å². The van der Waals surface area contributed by atoms with Gasteiger partial charge in [-0.15, -0.1) is 0 Å². The molecule has 0 aliphatic carbocycles. The minimum atomic E-state index is -1.02. The summed E-state index contributed by atoms with van der Waals surface area (Å²) in [5.74, 6) is 0.0299. The van der Waals surface area contributed by atoms with Crippen LogP contribution in [0.5, 0.6) is 5.75 Å². The first-order valence-corrected chi connectivity index (χ1v) is 12.2. The number of hydrogen-bond donors (Lipinski definition) is 1. The van der Waals surface area contributed by atoms with E-state index in [0.717, 1.165) is 27.1 Å². The molecule has 0 spiro atoms. The first-order chi connectivity index (χ1) is 17.0. The van der Waals surface area contributed by atoms with Crippen LogP contribution in [0.2, 0.25) is 0 Å². The smallest absolute Gasteiger partial charge is 0.341 e. The van der Waals surface area contributed by atoms with Crippen LogP contribution in [0.25, 0.3) is 16.6 Å². The molecule has 0 aliphatic rings. The summed E-state index contributed by atoms with van der Waals surface area (Å²) in [5.41, 5.74) is 3.69. The summed E-state index contributed by atoms with van der Waals surface area (Å²) in [5, 5.41) is 13.9. The molecule has 0 saturated heterocycles. The Morgan fingerprint density at radius 3 is 2.47 bits per heavy atom. The van der Waals surface area contributed by atoms with Crippen LogP contribution in [0, 0.1) is 13.8 Å². The number of ether oxygens (including phenoxy) is 1. The van der Waals surface area contributed by atoms with Gasteiger partial charge in [-0.3, -0.25) is 4.79 Å². The molecule has 1 N–H and O–H groups in total.